The molecule has 0 fully saturated rings. The van der Waals surface area contributed by atoms with E-state index >= 15 is 0 Å². The second-order valence-electron chi connectivity index (χ2n) is 7.25. The summed E-state index contributed by atoms with van der Waals surface area (Å²) in [6.07, 6.45) is 7.76. The fourth-order valence-corrected chi connectivity index (χ4v) is 3.17. The van der Waals surface area contributed by atoms with Crippen LogP contribution >= 0.6 is 0 Å². The normalized spacial score (nSPS) is 19.8. The second-order valence-corrected chi connectivity index (χ2v) is 7.25. The largest absolute Gasteiger partial charge is 0.103 e. The van der Waals surface area contributed by atoms with Gasteiger partial charge in [0.1, 0.15) is 0 Å². The number of hydrogen-bond donors (Lipinski definition) is 0. The van der Waals surface area contributed by atoms with Gasteiger partial charge in [0, 0.05) is 0 Å². The van der Waals surface area contributed by atoms with Crippen molar-refractivity contribution in [3.8, 4) is 0 Å². The molecule has 0 aliphatic heterocycles. The van der Waals surface area contributed by atoms with Crippen molar-refractivity contribution in [2.45, 2.75) is 64.7 Å². The van der Waals surface area contributed by atoms with E-state index in [-0.39, 0.29) is 0 Å². The SMILES string of the molecule is C=CC[CH]c1cc2c(cc1C)C(C)(C)CCC2(C)C. The van der Waals surface area contributed by atoms with Gasteiger partial charge in [-0.1, -0.05) is 45.9 Å². The van der Waals surface area contributed by atoms with E-state index in [0.717, 1.165) is 6.42 Å². The van der Waals surface area contributed by atoms with E-state index in [2.05, 4.69) is 59.8 Å². The molecule has 103 valence electrons. The summed E-state index contributed by atoms with van der Waals surface area (Å²) in [5.41, 5.74) is 6.49. The molecule has 0 spiro atoms. The van der Waals surface area contributed by atoms with Crippen LogP contribution in [0.25, 0.3) is 0 Å². The summed E-state index contributed by atoms with van der Waals surface area (Å²) in [6, 6.07) is 4.85. The van der Waals surface area contributed by atoms with Crippen LogP contribution in [0, 0.1) is 13.3 Å². The van der Waals surface area contributed by atoms with Crippen LogP contribution in [0.2, 0.25) is 0 Å². The third-order valence-corrected chi connectivity index (χ3v) is 4.74. The highest BCUT2D eigenvalue weighted by Gasteiger charge is 2.37. The lowest BCUT2D eigenvalue weighted by molar-refractivity contribution is 0.331. The molecule has 0 N–H and O–H groups in total. The van der Waals surface area contributed by atoms with Gasteiger partial charge in [-0.3, -0.25) is 0 Å². The fourth-order valence-electron chi connectivity index (χ4n) is 3.17. The summed E-state index contributed by atoms with van der Waals surface area (Å²) in [5.74, 6) is 0. The summed E-state index contributed by atoms with van der Waals surface area (Å²) >= 11 is 0. The van der Waals surface area contributed by atoms with Crippen LogP contribution in [-0.4, -0.2) is 0 Å². The molecule has 0 atom stereocenters. The van der Waals surface area contributed by atoms with Gasteiger partial charge in [-0.25, -0.2) is 0 Å². The van der Waals surface area contributed by atoms with Gasteiger partial charge >= 0.3 is 0 Å². The Kier molecular flexibility index (Phi) is 3.64. The maximum Gasteiger partial charge on any atom is -0.00528 e. The van der Waals surface area contributed by atoms with Crippen molar-refractivity contribution < 1.29 is 0 Å². The van der Waals surface area contributed by atoms with E-state index in [1.807, 2.05) is 6.08 Å². The predicted molar refractivity (Wildman–Crippen MR) is 84.7 cm³/mol. The van der Waals surface area contributed by atoms with Crippen molar-refractivity contribution in [3.63, 3.8) is 0 Å². The zero-order chi connectivity index (χ0) is 14.3. The molecule has 0 aromatic heterocycles. The molecule has 1 aromatic carbocycles. The highest BCUT2D eigenvalue weighted by molar-refractivity contribution is 5.48. The lowest BCUT2D eigenvalue weighted by Crippen LogP contribution is -2.34. The molecule has 0 amide bonds. The van der Waals surface area contributed by atoms with Crippen molar-refractivity contribution in [2.75, 3.05) is 0 Å². The van der Waals surface area contributed by atoms with Crippen LogP contribution in [0.1, 0.15) is 69.2 Å². The first-order valence-corrected chi connectivity index (χ1v) is 7.38. The van der Waals surface area contributed by atoms with Gasteiger partial charge in [0.2, 0.25) is 0 Å². The van der Waals surface area contributed by atoms with Gasteiger partial charge < -0.3 is 0 Å². The minimum Gasteiger partial charge on any atom is -0.103 e. The van der Waals surface area contributed by atoms with E-state index in [1.165, 1.54) is 24.0 Å². The smallest absolute Gasteiger partial charge is 0.00528 e. The highest BCUT2D eigenvalue weighted by Crippen LogP contribution is 2.46. The molecule has 2 rings (SSSR count). The summed E-state index contributed by atoms with van der Waals surface area (Å²) < 4.78 is 0. The van der Waals surface area contributed by atoms with Gasteiger partial charge in [0.05, 0.1) is 0 Å². The molecule has 0 heteroatoms. The number of rotatable bonds is 3. The summed E-state index contributed by atoms with van der Waals surface area (Å²) in [6.45, 7) is 15.6. The maximum absolute atomic E-state index is 3.81. The molecular weight excluding hydrogens is 228 g/mol. The van der Waals surface area contributed by atoms with Gasteiger partial charge in [-0.2, -0.15) is 0 Å². The minimum atomic E-state index is 0.301. The second kappa shape index (κ2) is 4.81. The average molecular weight is 255 g/mol. The predicted octanol–water partition coefficient (Wildman–Crippen LogP) is 5.47. The zero-order valence-electron chi connectivity index (χ0n) is 13.1. The molecule has 1 aliphatic carbocycles. The van der Waals surface area contributed by atoms with E-state index in [0.29, 0.717) is 10.8 Å². The van der Waals surface area contributed by atoms with Crippen molar-refractivity contribution in [3.05, 3.63) is 53.5 Å². The molecule has 0 heterocycles. The van der Waals surface area contributed by atoms with Gasteiger partial charge in [0.15, 0.2) is 0 Å². The number of hydrogen-bond acceptors (Lipinski definition) is 0. The minimum absolute atomic E-state index is 0.301. The van der Waals surface area contributed by atoms with Gasteiger partial charge in [-0.05, 0) is 65.7 Å². The van der Waals surface area contributed by atoms with Crippen LogP contribution in [0.3, 0.4) is 0 Å². The molecule has 1 aliphatic rings. The van der Waals surface area contributed by atoms with Gasteiger partial charge in [-0.15, -0.1) is 6.58 Å². The first-order chi connectivity index (χ1) is 8.78. The third kappa shape index (κ3) is 2.63. The lowest BCUT2D eigenvalue weighted by Gasteiger charge is -2.42. The molecule has 1 radical (unpaired) electrons. The Morgan fingerprint density at radius 1 is 1.05 bits per heavy atom. The van der Waals surface area contributed by atoms with Gasteiger partial charge in [0.25, 0.3) is 0 Å². The molecule has 19 heavy (non-hydrogen) atoms. The molecule has 0 saturated heterocycles. The van der Waals surface area contributed by atoms with Crippen molar-refractivity contribution in [1.29, 1.82) is 0 Å². The monoisotopic (exact) mass is 255 g/mol. The number of allylic oxidation sites excluding steroid dienone is 1. The Balaban J connectivity index is 2.54. The van der Waals surface area contributed by atoms with Crippen LogP contribution in [0.15, 0.2) is 24.8 Å². The van der Waals surface area contributed by atoms with Crippen molar-refractivity contribution >= 4 is 0 Å². The van der Waals surface area contributed by atoms with E-state index in [4.69, 9.17) is 0 Å². The molecule has 0 unspecified atom stereocenters. The average Bonchev–Trinajstić information content (AvgIpc) is 2.33. The first kappa shape index (κ1) is 14.4. The Morgan fingerprint density at radius 3 is 2.11 bits per heavy atom. The number of fused-ring (bicyclic) bond motifs is 1. The number of benzene rings is 1. The van der Waals surface area contributed by atoms with E-state index in [1.54, 1.807) is 11.1 Å². The Bertz CT molecular complexity index is 489. The molecule has 0 saturated carbocycles. The fraction of sp³-hybridized carbons (Fsp3) is 0.526. The molecule has 0 bridgehead atoms. The maximum atomic E-state index is 3.81. The topological polar surface area (TPSA) is 0 Å². The number of aryl methyl sites for hydroxylation is 1. The van der Waals surface area contributed by atoms with Crippen LogP contribution in [0.4, 0.5) is 0 Å². The van der Waals surface area contributed by atoms with Crippen molar-refractivity contribution in [2.24, 2.45) is 0 Å². The summed E-state index contributed by atoms with van der Waals surface area (Å²) in [4.78, 5) is 0. The summed E-state index contributed by atoms with van der Waals surface area (Å²) in [5, 5.41) is 0. The molecule has 0 nitrogen and oxygen atoms in total. The Hall–Kier alpha value is -1.04. The van der Waals surface area contributed by atoms with Crippen molar-refractivity contribution in [1.82, 2.24) is 0 Å². The first-order valence-electron chi connectivity index (χ1n) is 7.38. The standard InChI is InChI=1S/C19H27/c1-7-8-9-15-13-17-16(12-14(15)2)18(3,4)10-11-19(17,5)6/h7,9,12-13H,1,8,10-11H2,2-6H3. The Labute approximate surface area is 118 Å². The lowest BCUT2D eigenvalue weighted by atomic mass is 9.62. The Morgan fingerprint density at radius 2 is 1.58 bits per heavy atom. The quantitative estimate of drug-likeness (QED) is 0.628. The third-order valence-electron chi connectivity index (χ3n) is 4.74. The highest BCUT2D eigenvalue weighted by atomic mass is 14.4. The van der Waals surface area contributed by atoms with Crippen LogP contribution in [0.5, 0.6) is 0 Å². The molecular formula is C19H27. The summed E-state index contributed by atoms with van der Waals surface area (Å²) in [7, 11) is 0. The van der Waals surface area contributed by atoms with E-state index in [9.17, 15) is 0 Å². The zero-order valence-corrected chi connectivity index (χ0v) is 13.1. The van der Waals surface area contributed by atoms with Crippen LogP contribution < -0.4 is 0 Å². The molecule has 1 aromatic rings. The van der Waals surface area contributed by atoms with Crippen LogP contribution in [-0.2, 0) is 10.8 Å². The van der Waals surface area contributed by atoms with E-state index < -0.39 is 0 Å².